The topological polar surface area (TPSA) is 61.4 Å². The molecule has 0 spiro atoms. The maximum atomic E-state index is 13.1. The van der Waals surface area contributed by atoms with Crippen LogP contribution in [0.5, 0.6) is 0 Å². The number of nitrogens with zero attached hydrogens (tertiary/aromatic N) is 1. The number of likely N-dealkylation sites (N-methyl/N-ethyl adjacent to an activating group) is 1. The molecule has 5 nitrogen and oxygen atoms in total. The highest BCUT2D eigenvalue weighted by molar-refractivity contribution is 5.82. The second-order valence-corrected chi connectivity index (χ2v) is 5.89. The van der Waals surface area contributed by atoms with E-state index in [1.54, 1.807) is 7.05 Å². The first-order valence-electron chi connectivity index (χ1n) is 7.78. The van der Waals surface area contributed by atoms with Gasteiger partial charge in [-0.15, -0.1) is 0 Å². The van der Waals surface area contributed by atoms with E-state index in [0.717, 1.165) is 0 Å². The van der Waals surface area contributed by atoms with Crippen LogP contribution in [0.15, 0.2) is 24.3 Å². The lowest BCUT2D eigenvalue weighted by Crippen LogP contribution is -2.56. The minimum absolute atomic E-state index is 0.0373. The van der Waals surface area contributed by atoms with E-state index in [-0.39, 0.29) is 19.0 Å². The lowest BCUT2D eigenvalue weighted by atomic mass is 9.85. The second kappa shape index (κ2) is 7.81. The van der Waals surface area contributed by atoms with E-state index in [0.29, 0.717) is 18.5 Å². The molecule has 25 heavy (non-hydrogen) atoms. The molecule has 2 N–H and O–H groups in total. The lowest BCUT2D eigenvalue weighted by molar-refractivity contribution is -0.175. The van der Waals surface area contributed by atoms with Gasteiger partial charge in [-0.05, 0) is 31.2 Å². The fourth-order valence-corrected chi connectivity index (χ4v) is 2.95. The van der Waals surface area contributed by atoms with Crippen molar-refractivity contribution < 1.29 is 27.2 Å². The molecule has 1 aromatic carbocycles. The maximum Gasteiger partial charge on any atom is 0.471 e. The van der Waals surface area contributed by atoms with Gasteiger partial charge >= 0.3 is 12.1 Å². The van der Waals surface area contributed by atoms with Crippen LogP contribution >= 0.6 is 0 Å². The molecule has 0 radical (unpaired) electrons. The van der Waals surface area contributed by atoms with Crippen molar-refractivity contribution in [2.75, 3.05) is 26.7 Å². The largest absolute Gasteiger partial charge is 0.471 e. The summed E-state index contributed by atoms with van der Waals surface area (Å²) < 4.78 is 50.9. The Morgan fingerprint density at radius 2 is 1.88 bits per heavy atom. The van der Waals surface area contributed by atoms with E-state index in [9.17, 15) is 27.2 Å². The van der Waals surface area contributed by atoms with Gasteiger partial charge in [-0.2, -0.15) is 13.2 Å². The molecule has 0 aromatic heterocycles. The van der Waals surface area contributed by atoms with Crippen LogP contribution in [0, 0.1) is 5.82 Å². The third kappa shape index (κ3) is 4.91. The van der Waals surface area contributed by atoms with Crippen molar-refractivity contribution in [2.45, 2.75) is 24.6 Å². The summed E-state index contributed by atoms with van der Waals surface area (Å²) in [5.41, 5.74) is 0.620. The van der Waals surface area contributed by atoms with Gasteiger partial charge < -0.3 is 15.5 Å². The zero-order chi connectivity index (χ0) is 18.6. The highest BCUT2D eigenvalue weighted by Crippen LogP contribution is 2.29. The van der Waals surface area contributed by atoms with Crippen molar-refractivity contribution in [3.8, 4) is 0 Å². The van der Waals surface area contributed by atoms with Gasteiger partial charge in [-0.25, -0.2) is 4.39 Å². The Morgan fingerprint density at radius 1 is 1.24 bits per heavy atom. The minimum atomic E-state index is -5.01. The number of amides is 2. The summed E-state index contributed by atoms with van der Waals surface area (Å²) in [5.74, 6) is -3.20. The second-order valence-electron chi connectivity index (χ2n) is 5.89. The maximum absolute atomic E-state index is 13.1. The number of hydrogen-bond donors (Lipinski definition) is 2. The van der Waals surface area contributed by atoms with Crippen LogP contribution in [0.4, 0.5) is 17.6 Å². The average molecular weight is 361 g/mol. The Bertz CT molecular complexity index is 619. The van der Waals surface area contributed by atoms with E-state index in [1.165, 1.54) is 29.2 Å². The molecule has 0 saturated carbocycles. The number of likely N-dealkylation sites (tertiary alicyclic amines) is 1. The molecule has 1 aliphatic heterocycles. The van der Waals surface area contributed by atoms with E-state index < -0.39 is 29.9 Å². The van der Waals surface area contributed by atoms with Crippen LogP contribution in [0.25, 0.3) is 0 Å². The van der Waals surface area contributed by atoms with Gasteiger partial charge in [0.15, 0.2) is 0 Å². The lowest BCUT2D eigenvalue weighted by Gasteiger charge is -2.39. The van der Waals surface area contributed by atoms with Gasteiger partial charge in [0.25, 0.3) is 0 Å². The van der Waals surface area contributed by atoms with Crippen molar-refractivity contribution in [1.82, 2.24) is 15.5 Å². The van der Waals surface area contributed by atoms with Crippen molar-refractivity contribution in [2.24, 2.45) is 0 Å². The van der Waals surface area contributed by atoms with Crippen LogP contribution in [0.1, 0.15) is 17.9 Å². The molecule has 1 heterocycles. The summed E-state index contributed by atoms with van der Waals surface area (Å²) in [7, 11) is 1.59. The Hall–Kier alpha value is -2.16. The van der Waals surface area contributed by atoms with E-state index in [4.69, 9.17) is 0 Å². The van der Waals surface area contributed by atoms with Crippen molar-refractivity contribution in [1.29, 1.82) is 0 Å². The standard InChI is InChI=1S/C16H19F4N3O2/c1-21-8-14(24)23-7-6-12(10-2-4-11(17)5-3-10)13(9-23)22-15(25)16(18,19)20/h2-5,12-13,21H,6-9H2,1H3,(H,22,25). The van der Waals surface area contributed by atoms with Gasteiger partial charge in [0.1, 0.15) is 5.82 Å². The number of halogens is 4. The molecule has 2 atom stereocenters. The molecule has 1 aromatic rings. The number of piperidine rings is 1. The summed E-state index contributed by atoms with van der Waals surface area (Å²) in [6.07, 6.45) is -4.64. The van der Waals surface area contributed by atoms with Crippen LogP contribution in [0.3, 0.4) is 0 Å². The Labute approximate surface area is 142 Å². The highest BCUT2D eigenvalue weighted by Gasteiger charge is 2.42. The molecule has 0 bridgehead atoms. The third-order valence-electron chi connectivity index (χ3n) is 4.17. The monoisotopic (exact) mass is 361 g/mol. The molecule has 0 aliphatic carbocycles. The number of alkyl halides is 3. The number of carbonyl (C=O) groups is 2. The van der Waals surface area contributed by atoms with Crippen molar-refractivity contribution in [3.05, 3.63) is 35.6 Å². The normalized spacial score (nSPS) is 21.1. The Morgan fingerprint density at radius 3 is 2.44 bits per heavy atom. The summed E-state index contributed by atoms with van der Waals surface area (Å²) >= 11 is 0. The fourth-order valence-electron chi connectivity index (χ4n) is 2.95. The molecule has 138 valence electrons. The molecule has 1 aliphatic rings. The molecule has 1 fully saturated rings. The predicted octanol–water partition coefficient (Wildman–Crippen LogP) is 1.41. The average Bonchev–Trinajstić information content (AvgIpc) is 2.55. The smallest absolute Gasteiger partial charge is 0.343 e. The Kier molecular flexibility index (Phi) is 5.99. The molecular weight excluding hydrogens is 342 g/mol. The zero-order valence-electron chi connectivity index (χ0n) is 13.6. The van der Waals surface area contributed by atoms with Gasteiger partial charge in [-0.3, -0.25) is 9.59 Å². The molecule has 2 unspecified atom stereocenters. The first-order chi connectivity index (χ1) is 11.7. The van der Waals surface area contributed by atoms with Crippen LogP contribution in [0.2, 0.25) is 0 Å². The van der Waals surface area contributed by atoms with Crippen LogP contribution in [-0.2, 0) is 9.59 Å². The Balaban J connectivity index is 2.20. The molecule has 2 rings (SSSR count). The molecular formula is C16H19F4N3O2. The molecule has 2 amide bonds. The minimum Gasteiger partial charge on any atom is -0.343 e. The zero-order valence-corrected chi connectivity index (χ0v) is 13.6. The summed E-state index contributed by atoms with van der Waals surface area (Å²) in [5, 5.41) is 4.67. The highest BCUT2D eigenvalue weighted by atomic mass is 19.4. The molecule has 9 heteroatoms. The first kappa shape index (κ1) is 19.2. The fraction of sp³-hybridized carbons (Fsp3) is 0.500. The summed E-state index contributed by atoms with van der Waals surface area (Å²) in [6, 6.07) is 4.50. The SMILES string of the molecule is CNCC(=O)N1CCC(c2ccc(F)cc2)C(NC(=O)C(F)(F)F)C1. The van der Waals surface area contributed by atoms with Gasteiger partial charge in [0.2, 0.25) is 5.91 Å². The predicted molar refractivity (Wildman–Crippen MR) is 82.3 cm³/mol. The quantitative estimate of drug-likeness (QED) is 0.798. The number of nitrogens with one attached hydrogen (secondary N) is 2. The van der Waals surface area contributed by atoms with E-state index in [1.807, 2.05) is 5.32 Å². The van der Waals surface area contributed by atoms with E-state index in [2.05, 4.69) is 5.32 Å². The summed E-state index contributed by atoms with van der Waals surface area (Å²) in [4.78, 5) is 24.8. The number of carbonyl (C=O) groups excluding carboxylic acids is 2. The summed E-state index contributed by atoms with van der Waals surface area (Å²) in [6.45, 7) is 0.368. The first-order valence-corrected chi connectivity index (χ1v) is 7.78. The van der Waals surface area contributed by atoms with Gasteiger partial charge in [0.05, 0.1) is 12.6 Å². The van der Waals surface area contributed by atoms with E-state index >= 15 is 0 Å². The number of benzene rings is 1. The molecule has 1 saturated heterocycles. The van der Waals surface area contributed by atoms with Gasteiger partial charge in [-0.1, -0.05) is 12.1 Å². The van der Waals surface area contributed by atoms with Crippen molar-refractivity contribution in [3.63, 3.8) is 0 Å². The third-order valence-corrected chi connectivity index (χ3v) is 4.17. The van der Waals surface area contributed by atoms with Crippen LogP contribution < -0.4 is 10.6 Å². The number of hydrogen-bond acceptors (Lipinski definition) is 3. The number of rotatable bonds is 4. The van der Waals surface area contributed by atoms with Crippen molar-refractivity contribution >= 4 is 11.8 Å². The van der Waals surface area contributed by atoms with Crippen LogP contribution in [-0.4, -0.2) is 55.6 Å². The van der Waals surface area contributed by atoms with Gasteiger partial charge in [0, 0.05) is 19.0 Å².